The fraction of sp³-hybridized carbons (Fsp3) is 0.500. The standard InChI is InChI=1S/C10H14Br2N2/c1-3-4-7(2)14-10-9(12)5-8(11)6-13-10/h5-7H,3-4H2,1-2H3,(H,13,14). The minimum absolute atomic E-state index is 0.463. The van der Waals surface area contributed by atoms with Crippen LogP contribution in [0.1, 0.15) is 26.7 Å². The second-order valence-electron chi connectivity index (χ2n) is 3.32. The molecule has 0 spiro atoms. The number of halogens is 2. The summed E-state index contributed by atoms with van der Waals surface area (Å²) in [5, 5.41) is 3.36. The highest BCUT2D eigenvalue weighted by atomic mass is 79.9. The smallest absolute Gasteiger partial charge is 0.140 e. The first-order valence-electron chi connectivity index (χ1n) is 4.71. The predicted octanol–water partition coefficient (Wildman–Crippen LogP) is 4.21. The maximum Gasteiger partial charge on any atom is 0.140 e. The quantitative estimate of drug-likeness (QED) is 0.898. The Balaban J connectivity index is 2.67. The van der Waals surface area contributed by atoms with E-state index in [9.17, 15) is 0 Å². The van der Waals surface area contributed by atoms with Gasteiger partial charge in [-0.1, -0.05) is 13.3 Å². The first kappa shape index (κ1) is 12.0. The number of nitrogens with zero attached hydrogens (tertiary/aromatic N) is 1. The molecular weight excluding hydrogens is 308 g/mol. The third-order valence-corrected chi connectivity index (χ3v) is 2.95. The Kier molecular flexibility index (Phi) is 4.89. The van der Waals surface area contributed by atoms with Gasteiger partial charge in [-0.05, 0) is 51.3 Å². The number of aromatic nitrogens is 1. The molecule has 0 aliphatic heterocycles. The van der Waals surface area contributed by atoms with E-state index >= 15 is 0 Å². The molecule has 1 aromatic rings. The van der Waals surface area contributed by atoms with Gasteiger partial charge in [0.15, 0.2) is 0 Å². The fourth-order valence-corrected chi connectivity index (χ4v) is 2.36. The van der Waals surface area contributed by atoms with Crippen molar-refractivity contribution in [2.45, 2.75) is 32.7 Å². The topological polar surface area (TPSA) is 24.9 Å². The molecule has 1 N–H and O–H groups in total. The van der Waals surface area contributed by atoms with Crippen molar-refractivity contribution in [3.63, 3.8) is 0 Å². The average molecular weight is 322 g/mol. The SMILES string of the molecule is CCCC(C)Nc1ncc(Br)cc1Br. The number of pyridine rings is 1. The van der Waals surface area contributed by atoms with Gasteiger partial charge in [-0.25, -0.2) is 4.98 Å². The van der Waals surface area contributed by atoms with Crippen molar-refractivity contribution in [3.8, 4) is 0 Å². The van der Waals surface area contributed by atoms with Crippen LogP contribution in [0.3, 0.4) is 0 Å². The maximum absolute atomic E-state index is 4.30. The lowest BCUT2D eigenvalue weighted by atomic mass is 10.2. The van der Waals surface area contributed by atoms with Crippen LogP contribution >= 0.6 is 31.9 Å². The molecule has 0 aromatic carbocycles. The zero-order chi connectivity index (χ0) is 10.6. The van der Waals surface area contributed by atoms with Crippen molar-refractivity contribution in [1.82, 2.24) is 4.98 Å². The molecule has 0 amide bonds. The van der Waals surface area contributed by atoms with Gasteiger partial charge < -0.3 is 5.32 Å². The predicted molar refractivity (Wildman–Crippen MR) is 67.6 cm³/mol. The molecule has 1 rings (SSSR count). The van der Waals surface area contributed by atoms with Crippen molar-refractivity contribution in [2.75, 3.05) is 5.32 Å². The molecule has 0 aliphatic carbocycles. The summed E-state index contributed by atoms with van der Waals surface area (Å²) in [5.41, 5.74) is 0. The van der Waals surface area contributed by atoms with Crippen molar-refractivity contribution in [3.05, 3.63) is 21.2 Å². The average Bonchev–Trinajstić information content (AvgIpc) is 2.10. The molecular formula is C10H14Br2N2. The van der Waals surface area contributed by atoms with Crippen LogP contribution in [0.5, 0.6) is 0 Å². The highest BCUT2D eigenvalue weighted by molar-refractivity contribution is 9.11. The van der Waals surface area contributed by atoms with E-state index < -0.39 is 0 Å². The number of hydrogen-bond acceptors (Lipinski definition) is 2. The maximum atomic E-state index is 4.30. The van der Waals surface area contributed by atoms with Crippen molar-refractivity contribution < 1.29 is 0 Å². The van der Waals surface area contributed by atoms with E-state index in [1.165, 1.54) is 6.42 Å². The van der Waals surface area contributed by atoms with Crippen LogP contribution in [0.4, 0.5) is 5.82 Å². The highest BCUT2D eigenvalue weighted by Gasteiger charge is 2.05. The Morgan fingerprint density at radius 2 is 2.21 bits per heavy atom. The Morgan fingerprint density at radius 1 is 1.50 bits per heavy atom. The number of anilines is 1. The monoisotopic (exact) mass is 320 g/mol. The summed E-state index contributed by atoms with van der Waals surface area (Å²) in [7, 11) is 0. The molecule has 0 bridgehead atoms. The first-order chi connectivity index (χ1) is 6.63. The van der Waals surface area contributed by atoms with E-state index in [-0.39, 0.29) is 0 Å². The molecule has 0 saturated heterocycles. The van der Waals surface area contributed by atoms with E-state index in [0.717, 1.165) is 21.2 Å². The van der Waals surface area contributed by atoms with Crippen LogP contribution < -0.4 is 5.32 Å². The molecule has 0 saturated carbocycles. The lowest BCUT2D eigenvalue weighted by Gasteiger charge is -2.14. The zero-order valence-corrected chi connectivity index (χ0v) is 11.5. The van der Waals surface area contributed by atoms with Gasteiger partial charge in [0, 0.05) is 16.7 Å². The highest BCUT2D eigenvalue weighted by Crippen LogP contribution is 2.24. The largest absolute Gasteiger partial charge is 0.367 e. The van der Waals surface area contributed by atoms with E-state index in [1.54, 1.807) is 6.20 Å². The summed E-state index contributed by atoms with van der Waals surface area (Å²) >= 11 is 6.84. The molecule has 1 heterocycles. The Hall–Kier alpha value is -0.0900. The van der Waals surface area contributed by atoms with Crippen molar-refractivity contribution in [2.24, 2.45) is 0 Å². The van der Waals surface area contributed by atoms with Crippen molar-refractivity contribution in [1.29, 1.82) is 0 Å². The van der Waals surface area contributed by atoms with Crippen LogP contribution in [0.15, 0.2) is 21.2 Å². The third-order valence-electron chi connectivity index (χ3n) is 1.91. The van der Waals surface area contributed by atoms with Gasteiger partial charge >= 0.3 is 0 Å². The summed E-state index contributed by atoms with van der Waals surface area (Å²) in [4.78, 5) is 4.30. The molecule has 1 atom stereocenters. The summed E-state index contributed by atoms with van der Waals surface area (Å²) in [5.74, 6) is 0.911. The Morgan fingerprint density at radius 3 is 2.79 bits per heavy atom. The molecule has 0 fully saturated rings. The van der Waals surface area contributed by atoms with Gasteiger partial charge in [0.2, 0.25) is 0 Å². The molecule has 4 heteroatoms. The van der Waals surface area contributed by atoms with Gasteiger partial charge in [0.1, 0.15) is 5.82 Å². The van der Waals surface area contributed by atoms with E-state index in [2.05, 4.69) is 56.0 Å². The Bertz CT molecular complexity index is 302. The van der Waals surface area contributed by atoms with E-state index in [0.29, 0.717) is 6.04 Å². The van der Waals surface area contributed by atoms with Crippen LogP contribution in [-0.2, 0) is 0 Å². The molecule has 0 radical (unpaired) electrons. The second-order valence-corrected chi connectivity index (χ2v) is 5.09. The molecule has 2 nitrogen and oxygen atoms in total. The van der Waals surface area contributed by atoms with E-state index in [1.807, 2.05) is 6.07 Å². The molecule has 78 valence electrons. The summed E-state index contributed by atoms with van der Waals surface area (Å²) in [6.45, 7) is 4.35. The summed E-state index contributed by atoms with van der Waals surface area (Å²) < 4.78 is 1.98. The number of nitrogens with one attached hydrogen (secondary N) is 1. The van der Waals surface area contributed by atoms with Gasteiger partial charge in [-0.2, -0.15) is 0 Å². The molecule has 1 unspecified atom stereocenters. The summed E-state index contributed by atoms with van der Waals surface area (Å²) in [6, 6.07) is 2.46. The molecule has 14 heavy (non-hydrogen) atoms. The number of hydrogen-bond donors (Lipinski definition) is 1. The minimum Gasteiger partial charge on any atom is -0.367 e. The van der Waals surface area contributed by atoms with Crippen LogP contribution in [-0.4, -0.2) is 11.0 Å². The van der Waals surface area contributed by atoms with E-state index in [4.69, 9.17) is 0 Å². The summed E-state index contributed by atoms with van der Waals surface area (Å²) in [6.07, 6.45) is 4.14. The molecule has 0 aliphatic rings. The van der Waals surface area contributed by atoms with Crippen molar-refractivity contribution >= 4 is 37.7 Å². The third kappa shape index (κ3) is 3.58. The minimum atomic E-state index is 0.463. The first-order valence-corrected chi connectivity index (χ1v) is 6.29. The van der Waals surface area contributed by atoms with Crippen LogP contribution in [0.2, 0.25) is 0 Å². The fourth-order valence-electron chi connectivity index (χ4n) is 1.26. The van der Waals surface area contributed by atoms with Crippen LogP contribution in [0.25, 0.3) is 0 Å². The van der Waals surface area contributed by atoms with Crippen LogP contribution in [0, 0.1) is 0 Å². The Labute approximate surface area is 102 Å². The zero-order valence-electron chi connectivity index (χ0n) is 8.35. The lowest BCUT2D eigenvalue weighted by Crippen LogP contribution is -2.15. The normalized spacial score (nSPS) is 12.6. The van der Waals surface area contributed by atoms with Gasteiger partial charge in [-0.15, -0.1) is 0 Å². The number of rotatable bonds is 4. The lowest BCUT2D eigenvalue weighted by molar-refractivity contribution is 0.687. The van der Waals surface area contributed by atoms with Gasteiger partial charge in [0.05, 0.1) is 4.47 Å². The van der Waals surface area contributed by atoms with Gasteiger partial charge in [0.25, 0.3) is 0 Å². The molecule has 1 aromatic heterocycles. The second kappa shape index (κ2) is 5.71. The van der Waals surface area contributed by atoms with Gasteiger partial charge in [-0.3, -0.25) is 0 Å².